The van der Waals surface area contributed by atoms with Crippen molar-refractivity contribution in [3.8, 4) is 0 Å². The molecular formula is C20H30N4O5. The average molecular weight is 406 g/mol. The Labute approximate surface area is 170 Å². The van der Waals surface area contributed by atoms with Crippen LogP contribution in [0.5, 0.6) is 0 Å². The van der Waals surface area contributed by atoms with Crippen LogP contribution in [0.1, 0.15) is 32.8 Å². The van der Waals surface area contributed by atoms with E-state index >= 15 is 0 Å². The lowest BCUT2D eigenvalue weighted by atomic mass is 9.97. The molecule has 0 aliphatic heterocycles. The van der Waals surface area contributed by atoms with Gasteiger partial charge in [0, 0.05) is 6.42 Å². The lowest BCUT2D eigenvalue weighted by Crippen LogP contribution is -2.57. The number of nitrogens with one attached hydrogen (secondary N) is 3. The maximum atomic E-state index is 12.8. The fraction of sp³-hybridized carbons (Fsp3) is 0.500. The van der Waals surface area contributed by atoms with Gasteiger partial charge in [0.25, 0.3) is 0 Å². The van der Waals surface area contributed by atoms with Gasteiger partial charge in [-0.1, -0.05) is 50.6 Å². The number of carbonyl (C=O) groups is 4. The molecule has 0 aromatic heterocycles. The SMILES string of the molecule is CCC(C)C(NC(=O)C(C)NC(=O)CN)C(=O)NC(Cc1ccccc1)C(=O)O. The van der Waals surface area contributed by atoms with Gasteiger partial charge in [-0.3, -0.25) is 14.4 Å². The highest BCUT2D eigenvalue weighted by atomic mass is 16.4. The fourth-order valence-corrected chi connectivity index (χ4v) is 2.66. The van der Waals surface area contributed by atoms with Gasteiger partial charge in [-0.05, 0) is 18.4 Å². The van der Waals surface area contributed by atoms with E-state index in [0.717, 1.165) is 5.56 Å². The monoisotopic (exact) mass is 406 g/mol. The van der Waals surface area contributed by atoms with Crippen molar-refractivity contribution in [1.29, 1.82) is 0 Å². The molecule has 6 N–H and O–H groups in total. The number of carboxylic acid groups (broad SMARTS) is 1. The summed E-state index contributed by atoms with van der Waals surface area (Å²) in [4.78, 5) is 48.2. The molecule has 0 aliphatic rings. The number of carbonyl (C=O) groups excluding carboxylic acids is 3. The number of aliphatic carboxylic acids is 1. The summed E-state index contributed by atoms with van der Waals surface area (Å²) >= 11 is 0. The summed E-state index contributed by atoms with van der Waals surface area (Å²) in [6.07, 6.45) is 0.699. The summed E-state index contributed by atoms with van der Waals surface area (Å²) in [6, 6.07) is 5.98. The number of carboxylic acids is 1. The number of rotatable bonds is 11. The van der Waals surface area contributed by atoms with E-state index in [0.29, 0.717) is 6.42 Å². The Morgan fingerprint density at radius 3 is 2.14 bits per heavy atom. The molecular weight excluding hydrogens is 376 g/mol. The zero-order valence-corrected chi connectivity index (χ0v) is 17.0. The summed E-state index contributed by atoms with van der Waals surface area (Å²) in [6.45, 7) is 4.85. The molecule has 4 unspecified atom stereocenters. The van der Waals surface area contributed by atoms with Crippen LogP contribution in [0.25, 0.3) is 0 Å². The molecule has 0 bridgehead atoms. The van der Waals surface area contributed by atoms with Crippen molar-refractivity contribution in [2.45, 2.75) is 51.7 Å². The first-order valence-corrected chi connectivity index (χ1v) is 9.56. The largest absolute Gasteiger partial charge is 0.480 e. The van der Waals surface area contributed by atoms with E-state index in [1.807, 2.05) is 13.0 Å². The zero-order chi connectivity index (χ0) is 22.0. The summed E-state index contributed by atoms with van der Waals surface area (Å²) in [5.41, 5.74) is 5.99. The lowest BCUT2D eigenvalue weighted by Gasteiger charge is -2.27. The van der Waals surface area contributed by atoms with Crippen LogP contribution in [-0.4, -0.2) is 53.5 Å². The molecule has 0 aliphatic carbocycles. The molecule has 0 spiro atoms. The Morgan fingerprint density at radius 1 is 1.00 bits per heavy atom. The molecule has 3 amide bonds. The van der Waals surface area contributed by atoms with Gasteiger partial charge < -0.3 is 26.8 Å². The third kappa shape index (κ3) is 7.90. The molecule has 0 radical (unpaired) electrons. The smallest absolute Gasteiger partial charge is 0.326 e. The van der Waals surface area contributed by atoms with E-state index in [2.05, 4.69) is 16.0 Å². The first-order chi connectivity index (χ1) is 13.7. The Balaban J connectivity index is 2.87. The van der Waals surface area contributed by atoms with Crippen molar-refractivity contribution in [2.75, 3.05) is 6.54 Å². The number of amides is 3. The number of benzene rings is 1. The van der Waals surface area contributed by atoms with Gasteiger partial charge in [-0.15, -0.1) is 0 Å². The van der Waals surface area contributed by atoms with Crippen molar-refractivity contribution in [1.82, 2.24) is 16.0 Å². The minimum Gasteiger partial charge on any atom is -0.480 e. The van der Waals surface area contributed by atoms with E-state index in [-0.39, 0.29) is 18.9 Å². The second-order valence-electron chi connectivity index (χ2n) is 6.95. The summed E-state index contributed by atoms with van der Waals surface area (Å²) in [5.74, 6) is -3.05. The predicted molar refractivity (Wildman–Crippen MR) is 108 cm³/mol. The Kier molecular flexibility index (Phi) is 9.81. The highest BCUT2D eigenvalue weighted by Gasteiger charge is 2.31. The van der Waals surface area contributed by atoms with Crippen LogP contribution in [0.3, 0.4) is 0 Å². The second kappa shape index (κ2) is 11.8. The fourth-order valence-electron chi connectivity index (χ4n) is 2.66. The summed E-state index contributed by atoms with van der Waals surface area (Å²) in [7, 11) is 0. The summed E-state index contributed by atoms with van der Waals surface area (Å²) < 4.78 is 0. The topological polar surface area (TPSA) is 151 Å². The molecule has 4 atom stereocenters. The van der Waals surface area contributed by atoms with Crippen molar-refractivity contribution >= 4 is 23.7 Å². The normalized spacial score (nSPS) is 14.8. The van der Waals surface area contributed by atoms with Gasteiger partial charge in [0.05, 0.1) is 6.54 Å². The van der Waals surface area contributed by atoms with Crippen LogP contribution in [0.2, 0.25) is 0 Å². The number of nitrogens with two attached hydrogens (primary N) is 1. The first kappa shape index (κ1) is 24.1. The molecule has 9 nitrogen and oxygen atoms in total. The van der Waals surface area contributed by atoms with Gasteiger partial charge in [-0.2, -0.15) is 0 Å². The van der Waals surface area contributed by atoms with Crippen molar-refractivity contribution in [3.63, 3.8) is 0 Å². The van der Waals surface area contributed by atoms with E-state index in [9.17, 15) is 24.3 Å². The molecule has 1 rings (SSSR count). The van der Waals surface area contributed by atoms with Crippen LogP contribution < -0.4 is 21.7 Å². The van der Waals surface area contributed by atoms with Gasteiger partial charge >= 0.3 is 5.97 Å². The van der Waals surface area contributed by atoms with E-state index in [1.165, 1.54) is 6.92 Å². The average Bonchev–Trinajstić information content (AvgIpc) is 2.70. The van der Waals surface area contributed by atoms with Crippen molar-refractivity contribution < 1.29 is 24.3 Å². The minimum absolute atomic E-state index is 0.117. The molecule has 9 heteroatoms. The third-order valence-electron chi connectivity index (χ3n) is 4.65. The van der Waals surface area contributed by atoms with Crippen LogP contribution in [0.15, 0.2) is 30.3 Å². The molecule has 0 saturated carbocycles. The van der Waals surface area contributed by atoms with Crippen LogP contribution >= 0.6 is 0 Å². The molecule has 0 saturated heterocycles. The maximum absolute atomic E-state index is 12.8. The Hall–Kier alpha value is -2.94. The van der Waals surface area contributed by atoms with E-state index in [1.54, 1.807) is 31.2 Å². The van der Waals surface area contributed by atoms with Gasteiger partial charge in [0.15, 0.2) is 0 Å². The van der Waals surface area contributed by atoms with Gasteiger partial charge in [0.2, 0.25) is 17.7 Å². The summed E-state index contributed by atoms with van der Waals surface area (Å²) in [5, 5.41) is 17.0. The maximum Gasteiger partial charge on any atom is 0.326 e. The van der Waals surface area contributed by atoms with Gasteiger partial charge in [0.1, 0.15) is 18.1 Å². The minimum atomic E-state index is -1.17. The highest BCUT2D eigenvalue weighted by molar-refractivity contribution is 5.93. The predicted octanol–water partition coefficient (Wildman–Crippen LogP) is -0.207. The molecule has 0 fully saturated rings. The second-order valence-corrected chi connectivity index (χ2v) is 6.95. The van der Waals surface area contributed by atoms with E-state index in [4.69, 9.17) is 5.73 Å². The molecule has 1 aromatic carbocycles. The molecule has 1 aromatic rings. The van der Waals surface area contributed by atoms with E-state index < -0.39 is 41.8 Å². The zero-order valence-electron chi connectivity index (χ0n) is 17.0. The molecule has 160 valence electrons. The van der Waals surface area contributed by atoms with Crippen molar-refractivity contribution in [2.24, 2.45) is 11.7 Å². The standard InChI is InChI=1S/C20H30N4O5/c1-4-12(2)17(24-18(26)13(3)22-16(25)11-21)19(27)23-15(20(28)29)10-14-8-6-5-7-9-14/h5-9,12-13,15,17H,4,10-11,21H2,1-3H3,(H,22,25)(H,23,27)(H,24,26)(H,28,29). The van der Waals surface area contributed by atoms with Gasteiger partial charge in [-0.25, -0.2) is 4.79 Å². The Bertz CT molecular complexity index is 710. The molecule has 29 heavy (non-hydrogen) atoms. The van der Waals surface area contributed by atoms with Crippen molar-refractivity contribution in [3.05, 3.63) is 35.9 Å². The molecule has 0 heterocycles. The quantitative estimate of drug-likeness (QED) is 0.343. The van der Waals surface area contributed by atoms with Crippen LogP contribution in [0, 0.1) is 5.92 Å². The number of hydrogen-bond acceptors (Lipinski definition) is 5. The number of hydrogen-bond donors (Lipinski definition) is 5. The first-order valence-electron chi connectivity index (χ1n) is 9.56. The highest BCUT2D eigenvalue weighted by Crippen LogP contribution is 2.10. The Morgan fingerprint density at radius 2 is 1.62 bits per heavy atom. The van der Waals surface area contributed by atoms with Crippen LogP contribution in [0.4, 0.5) is 0 Å². The lowest BCUT2D eigenvalue weighted by molar-refractivity contribution is -0.142. The van der Waals surface area contributed by atoms with Crippen LogP contribution in [-0.2, 0) is 25.6 Å². The third-order valence-corrected chi connectivity index (χ3v) is 4.65.